The largest absolute Gasteiger partial charge is 0.449 e. The lowest BCUT2D eigenvalue weighted by Gasteiger charge is -2.27. The lowest BCUT2D eigenvalue weighted by atomic mass is 10.1. The number of nitrogens with zero attached hydrogens (tertiary/aromatic N) is 4. The molecule has 0 saturated heterocycles. The Bertz CT molecular complexity index is 1120. The van der Waals surface area contributed by atoms with Gasteiger partial charge in [0.25, 0.3) is 0 Å². The molecule has 188 valence electrons. The fourth-order valence-corrected chi connectivity index (χ4v) is 4.20. The molecule has 35 heavy (non-hydrogen) atoms. The predicted molar refractivity (Wildman–Crippen MR) is 140 cm³/mol. The van der Waals surface area contributed by atoms with Crippen LogP contribution in [0.2, 0.25) is 0 Å². The van der Waals surface area contributed by atoms with E-state index in [9.17, 15) is 19.7 Å². The molecule has 2 aromatic rings. The molecule has 0 atom stereocenters. The van der Waals surface area contributed by atoms with E-state index in [2.05, 4.69) is 43.4 Å². The molecule has 0 aliphatic carbocycles. The number of nitro groups is 1. The van der Waals surface area contributed by atoms with Gasteiger partial charge in [-0.25, -0.2) is 14.6 Å². The second-order valence-corrected chi connectivity index (χ2v) is 9.76. The van der Waals surface area contributed by atoms with Gasteiger partial charge >= 0.3 is 17.9 Å². The number of amides is 2. The standard InChI is InChI=1S/C23H26Br2N4O6/c1-6-11-27(22(31)35-23(3,4)5)16-10-8-9-15(12-16)14-28(21(30)34-7-2)17-13-18(24)26-20(25)19(17)29(32)33/h6,8-10,12-13H,1,7,11,14H2,2-5H3. The first kappa shape index (κ1) is 28.2. The first-order chi connectivity index (χ1) is 16.4. The minimum absolute atomic E-state index is 0.0114. The van der Waals surface area contributed by atoms with Crippen LogP contribution in [0.25, 0.3) is 0 Å². The van der Waals surface area contributed by atoms with Crippen molar-refractivity contribution >= 4 is 61.1 Å². The summed E-state index contributed by atoms with van der Waals surface area (Å²) in [5, 5.41) is 11.8. The summed E-state index contributed by atoms with van der Waals surface area (Å²) in [6, 6.07) is 8.22. The van der Waals surface area contributed by atoms with Crippen LogP contribution in [-0.2, 0) is 16.0 Å². The zero-order valence-electron chi connectivity index (χ0n) is 19.8. The summed E-state index contributed by atoms with van der Waals surface area (Å²) < 4.78 is 10.9. The maximum atomic E-state index is 12.9. The zero-order valence-corrected chi connectivity index (χ0v) is 23.0. The number of benzene rings is 1. The van der Waals surface area contributed by atoms with Crippen molar-refractivity contribution in [1.82, 2.24) is 4.98 Å². The molecule has 0 bridgehead atoms. The summed E-state index contributed by atoms with van der Waals surface area (Å²) in [5.74, 6) is 0. The molecule has 0 spiro atoms. The molecule has 10 nitrogen and oxygen atoms in total. The summed E-state index contributed by atoms with van der Waals surface area (Å²) >= 11 is 6.32. The number of aromatic nitrogens is 1. The first-order valence-electron chi connectivity index (χ1n) is 10.5. The monoisotopic (exact) mass is 612 g/mol. The van der Waals surface area contributed by atoms with Crippen LogP contribution in [0.1, 0.15) is 33.3 Å². The van der Waals surface area contributed by atoms with Crippen molar-refractivity contribution in [3.05, 3.63) is 67.9 Å². The molecule has 0 aliphatic rings. The third-order valence-electron chi connectivity index (χ3n) is 4.35. The predicted octanol–water partition coefficient (Wildman–Crippen LogP) is 6.61. The Morgan fingerprint density at radius 1 is 1.20 bits per heavy atom. The third kappa shape index (κ3) is 7.76. The lowest BCUT2D eigenvalue weighted by molar-refractivity contribution is -0.385. The quantitative estimate of drug-likeness (QED) is 0.142. The fourth-order valence-electron chi connectivity index (χ4n) is 3.03. The van der Waals surface area contributed by atoms with Gasteiger partial charge in [-0.05, 0) is 77.3 Å². The second-order valence-electron chi connectivity index (χ2n) is 8.20. The van der Waals surface area contributed by atoms with E-state index >= 15 is 0 Å². The summed E-state index contributed by atoms with van der Waals surface area (Å²) in [5.41, 5.74) is -0.00343. The van der Waals surface area contributed by atoms with E-state index in [0.717, 1.165) is 4.90 Å². The molecule has 2 rings (SSSR count). The number of halogens is 2. The summed E-state index contributed by atoms with van der Waals surface area (Å²) in [6.45, 7) is 10.8. The van der Waals surface area contributed by atoms with E-state index in [-0.39, 0.29) is 40.3 Å². The van der Waals surface area contributed by atoms with Gasteiger partial charge in [-0.1, -0.05) is 18.2 Å². The minimum Gasteiger partial charge on any atom is -0.449 e. The smallest absolute Gasteiger partial charge is 0.415 e. The fraction of sp³-hybridized carbons (Fsp3) is 0.348. The zero-order chi connectivity index (χ0) is 26.3. The number of hydrogen-bond acceptors (Lipinski definition) is 7. The number of rotatable bonds is 8. The number of ether oxygens (including phenoxy) is 2. The Morgan fingerprint density at radius 2 is 1.89 bits per heavy atom. The van der Waals surface area contributed by atoms with Crippen LogP contribution in [0.15, 0.2) is 52.2 Å². The molecule has 1 aromatic carbocycles. The van der Waals surface area contributed by atoms with Gasteiger partial charge in [0.15, 0.2) is 4.60 Å². The summed E-state index contributed by atoms with van der Waals surface area (Å²) in [4.78, 5) is 43.3. The number of carbonyl (C=O) groups is 2. The van der Waals surface area contributed by atoms with Crippen molar-refractivity contribution < 1.29 is 24.0 Å². The number of carbonyl (C=O) groups excluding carboxylic acids is 2. The molecule has 0 fully saturated rings. The van der Waals surface area contributed by atoms with Gasteiger partial charge in [0.2, 0.25) is 0 Å². The number of pyridine rings is 1. The van der Waals surface area contributed by atoms with Crippen molar-refractivity contribution in [3.63, 3.8) is 0 Å². The normalized spacial score (nSPS) is 10.9. The van der Waals surface area contributed by atoms with Crippen LogP contribution in [-0.4, -0.2) is 40.8 Å². The molecule has 0 saturated carbocycles. The van der Waals surface area contributed by atoms with Gasteiger partial charge in [0.05, 0.1) is 18.1 Å². The lowest BCUT2D eigenvalue weighted by Crippen LogP contribution is -2.37. The van der Waals surface area contributed by atoms with Crippen molar-refractivity contribution in [1.29, 1.82) is 0 Å². The maximum absolute atomic E-state index is 12.9. The van der Waals surface area contributed by atoms with E-state index in [1.165, 1.54) is 11.0 Å². The topological polar surface area (TPSA) is 115 Å². The Hall–Kier alpha value is -2.99. The molecule has 0 N–H and O–H groups in total. The van der Waals surface area contributed by atoms with Crippen molar-refractivity contribution in [2.45, 2.75) is 39.8 Å². The molecule has 0 aliphatic heterocycles. The average molecular weight is 614 g/mol. The minimum atomic E-state index is -0.777. The molecule has 1 aromatic heterocycles. The van der Waals surface area contributed by atoms with Gasteiger partial charge < -0.3 is 9.47 Å². The van der Waals surface area contributed by atoms with E-state index < -0.39 is 22.7 Å². The van der Waals surface area contributed by atoms with E-state index in [1.807, 2.05) is 0 Å². The Morgan fingerprint density at radius 3 is 2.46 bits per heavy atom. The highest BCUT2D eigenvalue weighted by Crippen LogP contribution is 2.37. The molecule has 12 heteroatoms. The molecule has 0 unspecified atom stereocenters. The highest BCUT2D eigenvalue weighted by Gasteiger charge is 2.30. The molecule has 2 amide bonds. The average Bonchev–Trinajstić information content (AvgIpc) is 2.74. The van der Waals surface area contributed by atoms with Crippen LogP contribution >= 0.6 is 31.9 Å². The summed E-state index contributed by atoms with van der Waals surface area (Å²) in [7, 11) is 0. The van der Waals surface area contributed by atoms with E-state index in [0.29, 0.717) is 11.3 Å². The van der Waals surface area contributed by atoms with Crippen molar-refractivity contribution in [2.75, 3.05) is 23.0 Å². The van der Waals surface area contributed by atoms with Gasteiger partial charge in [-0.2, -0.15) is 0 Å². The van der Waals surface area contributed by atoms with Gasteiger partial charge in [-0.3, -0.25) is 19.9 Å². The van der Waals surface area contributed by atoms with Crippen molar-refractivity contribution in [3.8, 4) is 0 Å². The first-order valence-corrected chi connectivity index (χ1v) is 12.1. The summed E-state index contributed by atoms with van der Waals surface area (Å²) in [6.07, 6.45) is 0.229. The van der Waals surface area contributed by atoms with Crippen LogP contribution in [0.4, 0.5) is 26.7 Å². The second kappa shape index (κ2) is 12.1. The van der Waals surface area contributed by atoms with Gasteiger partial charge in [0, 0.05) is 18.3 Å². The van der Waals surface area contributed by atoms with Crippen LogP contribution < -0.4 is 9.80 Å². The number of hydrogen-bond donors (Lipinski definition) is 0. The number of anilines is 2. The molecular weight excluding hydrogens is 588 g/mol. The SMILES string of the molecule is C=CCN(C(=O)OC(C)(C)C)c1cccc(CN(C(=O)OCC)c2cc(Br)nc(Br)c2[N+](=O)[O-])c1. The van der Waals surface area contributed by atoms with E-state index in [4.69, 9.17) is 9.47 Å². The van der Waals surface area contributed by atoms with E-state index in [1.54, 1.807) is 58.0 Å². The van der Waals surface area contributed by atoms with Crippen LogP contribution in [0.5, 0.6) is 0 Å². The highest BCUT2D eigenvalue weighted by atomic mass is 79.9. The molecular formula is C23H26Br2N4O6. The van der Waals surface area contributed by atoms with Gasteiger partial charge in [-0.15, -0.1) is 6.58 Å². The Kier molecular flexibility index (Phi) is 9.78. The third-order valence-corrected chi connectivity index (χ3v) is 5.31. The molecule has 1 heterocycles. The van der Waals surface area contributed by atoms with Crippen molar-refractivity contribution in [2.24, 2.45) is 0 Å². The maximum Gasteiger partial charge on any atom is 0.415 e. The highest BCUT2D eigenvalue weighted by molar-refractivity contribution is 9.11. The van der Waals surface area contributed by atoms with Crippen LogP contribution in [0.3, 0.4) is 0 Å². The Labute approximate surface area is 220 Å². The van der Waals surface area contributed by atoms with Gasteiger partial charge in [0.1, 0.15) is 15.9 Å². The van der Waals surface area contributed by atoms with Crippen LogP contribution in [0, 0.1) is 10.1 Å². The molecule has 0 radical (unpaired) electrons. The Balaban J connectivity index is 2.53.